The Kier molecular flexibility index (Phi) is 4.76. The molecule has 1 saturated heterocycles. The molecule has 1 heterocycles. The summed E-state index contributed by atoms with van der Waals surface area (Å²) < 4.78 is 5.38. The maximum Gasteiger partial charge on any atom is 0.311 e. The van der Waals surface area contributed by atoms with Crippen molar-refractivity contribution in [3.8, 4) is 5.75 Å². The summed E-state index contributed by atoms with van der Waals surface area (Å²) in [6, 6.07) is 7.24. The Balaban J connectivity index is 1.49. The third-order valence-electron chi connectivity index (χ3n) is 4.68. The average Bonchev–Trinajstić information content (AvgIpc) is 3.17. The molecule has 1 aromatic carbocycles. The van der Waals surface area contributed by atoms with Gasteiger partial charge in [0.2, 0.25) is 5.91 Å². The molecule has 22 heavy (non-hydrogen) atoms. The number of hydrogen-bond acceptors (Lipinski definition) is 3. The van der Waals surface area contributed by atoms with Crippen molar-refractivity contribution in [3.63, 3.8) is 0 Å². The fraction of sp³-hybridized carbons (Fsp3) is 0.556. The van der Waals surface area contributed by atoms with E-state index in [1.165, 1.54) is 25.7 Å². The smallest absolute Gasteiger partial charge is 0.311 e. The lowest BCUT2D eigenvalue weighted by Gasteiger charge is -2.16. The summed E-state index contributed by atoms with van der Waals surface area (Å²) in [5.74, 6) is 1.28. The molecule has 2 aliphatic rings. The van der Waals surface area contributed by atoms with Gasteiger partial charge in [-0.3, -0.25) is 9.59 Å². The van der Waals surface area contributed by atoms with E-state index in [4.69, 9.17) is 4.74 Å². The minimum Gasteiger partial charge on any atom is -0.427 e. The lowest BCUT2D eigenvalue weighted by molar-refractivity contribution is -0.134. The molecule has 1 aliphatic carbocycles. The van der Waals surface area contributed by atoms with Gasteiger partial charge in [0.15, 0.2) is 0 Å². The van der Waals surface area contributed by atoms with Crippen LogP contribution in [0.5, 0.6) is 5.75 Å². The number of esters is 1. The van der Waals surface area contributed by atoms with Crippen molar-refractivity contribution in [1.82, 2.24) is 0 Å². The van der Waals surface area contributed by atoms with E-state index in [-0.39, 0.29) is 11.9 Å². The van der Waals surface area contributed by atoms with Gasteiger partial charge in [-0.25, -0.2) is 0 Å². The summed E-state index contributed by atoms with van der Waals surface area (Å²) in [6.45, 7) is 0.777. The van der Waals surface area contributed by atoms with E-state index >= 15 is 0 Å². The predicted molar refractivity (Wildman–Crippen MR) is 84.9 cm³/mol. The molecule has 1 amide bonds. The standard InChI is InChI=1S/C18H23NO3/c20-17-6-3-13-19(17)15-8-10-16(11-9-15)22-18(21)12-7-14-4-1-2-5-14/h8-11,14H,1-7,12-13H2. The highest BCUT2D eigenvalue weighted by atomic mass is 16.5. The summed E-state index contributed by atoms with van der Waals surface area (Å²) in [5.41, 5.74) is 0.883. The number of carbonyl (C=O) groups is 2. The minimum absolute atomic E-state index is 0.156. The lowest BCUT2D eigenvalue weighted by atomic mass is 10.0. The zero-order valence-electron chi connectivity index (χ0n) is 12.9. The molecule has 118 valence electrons. The van der Waals surface area contributed by atoms with Crippen LogP contribution < -0.4 is 9.64 Å². The molecule has 1 aromatic rings. The van der Waals surface area contributed by atoms with Crippen LogP contribution in [0.15, 0.2) is 24.3 Å². The topological polar surface area (TPSA) is 46.6 Å². The van der Waals surface area contributed by atoms with Crippen LogP contribution in [0.3, 0.4) is 0 Å². The van der Waals surface area contributed by atoms with Crippen LogP contribution in [0, 0.1) is 5.92 Å². The molecular formula is C18H23NO3. The minimum atomic E-state index is -0.156. The quantitative estimate of drug-likeness (QED) is 0.615. The van der Waals surface area contributed by atoms with Crippen LogP contribution >= 0.6 is 0 Å². The molecule has 1 saturated carbocycles. The largest absolute Gasteiger partial charge is 0.427 e. The van der Waals surface area contributed by atoms with E-state index in [0.29, 0.717) is 24.5 Å². The first-order valence-electron chi connectivity index (χ1n) is 8.33. The number of benzene rings is 1. The maximum absolute atomic E-state index is 11.9. The van der Waals surface area contributed by atoms with Crippen molar-refractivity contribution >= 4 is 17.6 Å². The SMILES string of the molecule is O=C(CCC1CCCC1)Oc1ccc(N2CCCC2=O)cc1. The number of ether oxygens (including phenoxy) is 1. The van der Waals surface area contributed by atoms with E-state index in [2.05, 4.69) is 0 Å². The zero-order chi connectivity index (χ0) is 15.4. The van der Waals surface area contributed by atoms with E-state index in [0.717, 1.165) is 25.1 Å². The van der Waals surface area contributed by atoms with Crippen LogP contribution in [0.4, 0.5) is 5.69 Å². The third kappa shape index (κ3) is 3.67. The molecule has 0 spiro atoms. The first kappa shape index (κ1) is 15.1. The van der Waals surface area contributed by atoms with Gasteiger partial charge in [-0.05, 0) is 43.0 Å². The predicted octanol–water partition coefficient (Wildman–Crippen LogP) is 3.69. The van der Waals surface area contributed by atoms with E-state index in [1.54, 1.807) is 17.0 Å². The summed E-state index contributed by atoms with van der Waals surface area (Å²) in [6.07, 6.45) is 8.09. The Morgan fingerprint density at radius 2 is 1.86 bits per heavy atom. The second-order valence-electron chi connectivity index (χ2n) is 6.31. The maximum atomic E-state index is 11.9. The molecule has 0 bridgehead atoms. The van der Waals surface area contributed by atoms with Crippen LogP contribution in [0.1, 0.15) is 51.4 Å². The normalized spacial score (nSPS) is 18.9. The van der Waals surface area contributed by atoms with Gasteiger partial charge in [0.25, 0.3) is 0 Å². The molecule has 0 atom stereocenters. The number of hydrogen-bond donors (Lipinski definition) is 0. The van der Waals surface area contributed by atoms with Crippen LogP contribution in [0.2, 0.25) is 0 Å². The fourth-order valence-corrected chi connectivity index (χ4v) is 3.42. The first-order valence-corrected chi connectivity index (χ1v) is 8.33. The molecule has 2 fully saturated rings. The van der Waals surface area contributed by atoms with Crippen molar-refractivity contribution in [2.24, 2.45) is 5.92 Å². The summed E-state index contributed by atoms with van der Waals surface area (Å²) in [5, 5.41) is 0. The Labute approximate surface area is 131 Å². The van der Waals surface area contributed by atoms with E-state index in [9.17, 15) is 9.59 Å². The van der Waals surface area contributed by atoms with E-state index < -0.39 is 0 Å². The van der Waals surface area contributed by atoms with Crippen LogP contribution in [-0.2, 0) is 9.59 Å². The number of amides is 1. The number of rotatable bonds is 5. The van der Waals surface area contributed by atoms with Gasteiger partial charge < -0.3 is 9.64 Å². The summed E-state index contributed by atoms with van der Waals surface area (Å²) in [4.78, 5) is 25.3. The van der Waals surface area contributed by atoms with Gasteiger partial charge >= 0.3 is 5.97 Å². The highest BCUT2D eigenvalue weighted by Crippen LogP contribution is 2.29. The van der Waals surface area contributed by atoms with Gasteiger partial charge in [-0.1, -0.05) is 25.7 Å². The Bertz CT molecular complexity index is 532. The molecule has 0 unspecified atom stereocenters. The van der Waals surface area contributed by atoms with Gasteiger partial charge in [-0.15, -0.1) is 0 Å². The zero-order valence-corrected chi connectivity index (χ0v) is 12.9. The Hall–Kier alpha value is -1.84. The third-order valence-corrected chi connectivity index (χ3v) is 4.68. The van der Waals surface area contributed by atoms with Crippen molar-refractivity contribution in [3.05, 3.63) is 24.3 Å². The Morgan fingerprint density at radius 1 is 1.14 bits per heavy atom. The number of carbonyl (C=O) groups excluding carboxylic acids is 2. The van der Waals surface area contributed by atoms with Crippen LogP contribution in [-0.4, -0.2) is 18.4 Å². The summed E-state index contributed by atoms with van der Waals surface area (Å²) >= 11 is 0. The van der Waals surface area contributed by atoms with E-state index in [1.807, 2.05) is 12.1 Å². The molecule has 4 heteroatoms. The van der Waals surface area contributed by atoms with Gasteiger partial charge in [-0.2, -0.15) is 0 Å². The van der Waals surface area contributed by atoms with Gasteiger partial charge in [0, 0.05) is 25.1 Å². The Morgan fingerprint density at radius 3 is 2.50 bits per heavy atom. The lowest BCUT2D eigenvalue weighted by Crippen LogP contribution is -2.23. The highest BCUT2D eigenvalue weighted by Gasteiger charge is 2.21. The first-order chi connectivity index (χ1) is 10.7. The van der Waals surface area contributed by atoms with Crippen molar-refractivity contribution in [2.45, 2.75) is 51.4 Å². The molecule has 1 aliphatic heterocycles. The second-order valence-corrected chi connectivity index (χ2v) is 6.31. The molecule has 4 nitrogen and oxygen atoms in total. The molecular weight excluding hydrogens is 278 g/mol. The number of nitrogens with zero attached hydrogens (tertiary/aromatic N) is 1. The molecule has 3 rings (SSSR count). The fourth-order valence-electron chi connectivity index (χ4n) is 3.42. The highest BCUT2D eigenvalue weighted by molar-refractivity contribution is 5.95. The number of anilines is 1. The molecule has 0 aromatic heterocycles. The van der Waals surface area contributed by atoms with Crippen LogP contribution in [0.25, 0.3) is 0 Å². The van der Waals surface area contributed by atoms with Crippen molar-refractivity contribution in [2.75, 3.05) is 11.4 Å². The van der Waals surface area contributed by atoms with Crippen molar-refractivity contribution < 1.29 is 14.3 Å². The van der Waals surface area contributed by atoms with Crippen molar-refractivity contribution in [1.29, 1.82) is 0 Å². The molecule has 0 radical (unpaired) electrons. The second kappa shape index (κ2) is 6.95. The summed E-state index contributed by atoms with van der Waals surface area (Å²) in [7, 11) is 0. The average molecular weight is 301 g/mol. The molecule has 0 N–H and O–H groups in total. The van der Waals surface area contributed by atoms with Gasteiger partial charge in [0.1, 0.15) is 5.75 Å². The monoisotopic (exact) mass is 301 g/mol. The van der Waals surface area contributed by atoms with Gasteiger partial charge in [0.05, 0.1) is 0 Å².